The van der Waals surface area contributed by atoms with Gasteiger partial charge in [-0.2, -0.15) is 0 Å². The molecule has 4 heteroatoms. The van der Waals surface area contributed by atoms with Gasteiger partial charge in [0, 0.05) is 16.6 Å². The standard InChI is InChI=1S/C10H13BrN2O/c1-8(11)7-14-10-3-2-9(4-5-12)13-6-10/h2-3,6H,1,4-5,7,12H2. The van der Waals surface area contributed by atoms with Gasteiger partial charge >= 0.3 is 0 Å². The summed E-state index contributed by atoms with van der Waals surface area (Å²) in [7, 11) is 0. The second-order valence-corrected chi connectivity index (χ2v) is 3.95. The number of ether oxygens (including phenoxy) is 1. The third kappa shape index (κ3) is 3.89. The Morgan fingerprint density at radius 2 is 2.36 bits per heavy atom. The van der Waals surface area contributed by atoms with E-state index in [2.05, 4.69) is 27.5 Å². The van der Waals surface area contributed by atoms with Gasteiger partial charge in [0.05, 0.1) is 6.20 Å². The predicted octanol–water partition coefficient (Wildman–Crippen LogP) is 1.87. The van der Waals surface area contributed by atoms with Crippen molar-refractivity contribution in [2.24, 2.45) is 5.73 Å². The zero-order valence-corrected chi connectivity index (χ0v) is 9.46. The maximum Gasteiger partial charge on any atom is 0.138 e. The molecule has 0 atom stereocenters. The zero-order chi connectivity index (χ0) is 10.4. The molecule has 1 aromatic heterocycles. The number of hydrogen-bond acceptors (Lipinski definition) is 3. The monoisotopic (exact) mass is 256 g/mol. The van der Waals surface area contributed by atoms with Crippen LogP contribution >= 0.6 is 15.9 Å². The molecular formula is C10H13BrN2O. The summed E-state index contributed by atoms with van der Waals surface area (Å²) in [6.07, 6.45) is 2.49. The third-order valence-electron chi connectivity index (χ3n) is 1.59. The Morgan fingerprint density at radius 1 is 1.57 bits per heavy atom. The average molecular weight is 257 g/mol. The summed E-state index contributed by atoms with van der Waals surface area (Å²) in [5.74, 6) is 0.742. The quantitative estimate of drug-likeness (QED) is 0.875. The molecule has 0 saturated heterocycles. The van der Waals surface area contributed by atoms with Crippen molar-refractivity contribution in [3.05, 3.63) is 35.1 Å². The Hall–Kier alpha value is -0.870. The molecule has 14 heavy (non-hydrogen) atoms. The summed E-state index contributed by atoms with van der Waals surface area (Å²) in [5.41, 5.74) is 6.39. The molecule has 0 radical (unpaired) electrons. The fraction of sp³-hybridized carbons (Fsp3) is 0.300. The summed E-state index contributed by atoms with van der Waals surface area (Å²) in [6, 6.07) is 3.80. The van der Waals surface area contributed by atoms with Crippen molar-refractivity contribution in [3.63, 3.8) is 0 Å². The van der Waals surface area contributed by atoms with E-state index >= 15 is 0 Å². The molecule has 0 aliphatic carbocycles. The van der Waals surface area contributed by atoms with Crippen molar-refractivity contribution in [1.29, 1.82) is 0 Å². The number of aromatic nitrogens is 1. The van der Waals surface area contributed by atoms with Gasteiger partial charge in [-0.15, -0.1) is 0 Å². The van der Waals surface area contributed by atoms with E-state index in [-0.39, 0.29) is 0 Å². The minimum Gasteiger partial charge on any atom is -0.487 e. The van der Waals surface area contributed by atoms with Crippen LogP contribution in [0.15, 0.2) is 29.4 Å². The first kappa shape index (κ1) is 11.2. The van der Waals surface area contributed by atoms with Crippen LogP contribution in [0.1, 0.15) is 5.69 Å². The molecule has 0 bridgehead atoms. The Labute approximate surface area is 92.1 Å². The lowest BCUT2D eigenvalue weighted by molar-refractivity contribution is 0.359. The molecule has 1 aromatic rings. The van der Waals surface area contributed by atoms with Crippen molar-refractivity contribution in [1.82, 2.24) is 4.98 Å². The Bertz CT molecular complexity index is 297. The van der Waals surface area contributed by atoms with Crippen LogP contribution in [0.2, 0.25) is 0 Å². The second-order valence-electron chi connectivity index (χ2n) is 2.83. The number of nitrogens with zero attached hydrogens (tertiary/aromatic N) is 1. The first-order valence-corrected chi connectivity index (χ1v) is 5.12. The molecule has 0 amide bonds. The molecule has 76 valence electrons. The molecule has 0 aliphatic rings. The lowest BCUT2D eigenvalue weighted by Gasteiger charge is -2.04. The minimum absolute atomic E-state index is 0.456. The fourth-order valence-corrected chi connectivity index (χ4v) is 1.07. The molecule has 0 fully saturated rings. The lowest BCUT2D eigenvalue weighted by Crippen LogP contribution is -2.04. The van der Waals surface area contributed by atoms with Gasteiger partial charge in [0.2, 0.25) is 0 Å². The number of nitrogens with two attached hydrogens (primary N) is 1. The van der Waals surface area contributed by atoms with Crippen LogP contribution in [0.4, 0.5) is 0 Å². The maximum absolute atomic E-state index is 5.41. The smallest absolute Gasteiger partial charge is 0.138 e. The van der Waals surface area contributed by atoms with Crippen LogP contribution in [-0.2, 0) is 6.42 Å². The molecule has 3 nitrogen and oxygen atoms in total. The van der Waals surface area contributed by atoms with Crippen LogP contribution < -0.4 is 10.5 Å². The summed E-state index contributed by atoms with van der Waals surface area (Å²) in [4.78, 5) is 4.20. The van der Waals surface area contributed by atoms with Gasteiger partial charge in [0.15, 0.2) is 0 Å². The van der Waals surface area contributed by atoms with Crippen molar-refractivity contribution in [2.75, 3.05) is 13.2 Å². The summed E-state index contributed by atoms with van der Waals surface area (Å²) in [5, 5.41) is 0. The second kappa shape index (κ2) is 5.78. The average Bonchev–Trinajstić information content (AvgIpc) is 2.17. The van der Waals surface area contributed by atoms with Gasteiger partial charge in [0.25, 0.3) is 0 Å². The van der Waals surface area contributed by atoms with Gasteiger partial charge in [0.1, 0.15) is 12.4 Å². The topological polar surface area (TPSA) is 48.1 Å². The first-order valence-electron chi connectivity index (χ1n) is 4.33. The summed E-state index contributed by atoms with van der Waals surface area (Å²) < 4.78 is 6.17. The molecular weight excluding hydrogens is 244 g/mol. The largest absolute Gasteiger partial charge is 0.487 e. The first-order chi connectivity index (χ1) is 6.72. The third-order valence-corrected chi connectivity index (χ3v) is 1.82. The molecule has 0 aromatic carbocycles. The summed E-state index contributed by atoms with van der Waals surface area (Å²) in [6.45, 7) is 4.74. The van der Waals surface area contributed by atoms with E-state index in [1.165, 1.54) is 0 Å². The Balaban J connectivity index is 2.50. The van der Waals surface area contributed by atoms with Crippen molar-refractivity contribution in [3.8, 4) is 5.75 Å². The molecule has 2 N–H and O–H groups in total. The SMILES string of the molecule is C=C(Br)COc1ccc(CCN)nc1. The van der Waals surface area contributed by atoms with Crippen LogP contribution in [0.5, 0.6) is 5.75 Å². The van der Waals surface area contributed by atoms with Gasteiger partial charge in [-0.1, -0.05) is 22.5 Å². The fourth-order valence-electron chi connectivity index (χ4n) is 0.954. The number of halogens is 1. The lowest BCUT2D eigenvalue weighted by atomic mass is 10.3. The summed E-state index contributed by atoms with van der Waals surface area (Å²) >= 11 is 3.21. The van der Waals surface area contributed by atoms with E-state index in [1.807, 2.05) is 12.1 Å². The number of pyridine rings is 1. The highest BCUT2D eigenvalue weighted by Crippen LogP contribution is 2.11. The van der Waals surface area contributed by atoms with Gasteiger partial charge < -0.3 is 10.5 Å². The van der Waals surface area contributed by atoms with Crippen LogP contribution in [0.3, 0.4) is 0 Å². The molecule has 0 aliphatic heterocycles. The van der Waals surface area contributed by atoms with E-state index in [4.69, 9.17) is 10.5 Å². The van der Waals surface area contributed by atoms with Crippen LogP contribution in [0, 0.1) is 0 Å². The highest BCUT2D eigenvalue weighted by Gasteiger charge is 1.96. The molecule has 0 unspecified atom stereocenters. The molecule has 0 saturated carbocycles. The predicted molar refractivity (Wildman–Crippen MR) is 60.6 cm³/mol. The number of rotatable bonds is 5. The van der Waals surface area contributed by atoms with E-state index in [0.717, 1.165) is 22.3 Å². The minimum atomic E-state index is 0.456. The molecule has 1 rings (SSSR count). The van der Waals surface area contributed by atoms with E-state index in [0.29, 0.717) is 13.2 Å². The van der Waals surface area contributed by atoms with Crippen LogP contribution in [-0.4, -0.2) is 18.1 Å². The van der Waals surface area contributed by atoms with E-state index in [1.54, 1.807) is 6.20 Å². The molecule has 1 heterocycles. The molecule has 0 spiro atoms. The zero-order valence-electron chi connectivity index (χ0n) is 7.87. The number of hydrogen-bond donors (Lipinski definition) is 1. The van der Waals surface area contributed by atoms with Crippen molar-refractivity contribution < 1.29 is 4.74 Å². The van der Waals surface area contributed by atoms with Crippen LogP contribution in [0.25, 0.3) is 0 Å². The van der Waals surface area contributed by atoms with E-state index < -0.39 is 0 Å². The highest BCUT2D eigenvalue weighted by atomic mass is 79.9. The van der Waals surface area contributed by atoms with Crippen molar-refractivity contribution in [2.45, 2.75) is 6.42 Å². The highest BCUT2D eigenvalue weighted by molar-refractivity contribution is 9.11. The van der Waals surface area contributed by atoms with Gasteiger partial charge in [-0.3, -0.25) is 4.98 Å². The Kier molecular flexibility index (Phi) is 4.62. The van der Waals surface area contributed by atoms with Gasteiger partial charge in [-0.05, 0) is 18.7 Å². The van der Waals surface area contributed by atoms with Crippen molar-refractivity contribution >= 4 is 15.9 Å². The normalized spacial score (nSPS) is 9.86. The van der Waals surface area contributed by atoms with E-state index in [9.17, 15) is 0 Å². The van der Waals surface area contributed by atoms with Gasteiger partial charge in [-0.25, -0.2) is 0 Å². The Morgan fingerprint density at radius 3 is 2.86 bits per heavy atom. The maximum atomic E-state index is 5.41.